The van der Waals surface area contributed by atoms with E-state index in [4.69, 9.17) is 23.2 Å². The number of carbonyl (C=O) groups excluding carboxylic acids is 1. The molecule has 1 N–H and O–H groups in total. The lowest BCUT2D eigenvalue weighted by Gasteiger charge is -2.31. The number of nitrogens with zero attached hydrogens (tertiary/aromatic N) is 1. The lowest BCUT2D eigenvalue weighted by Crippen LogP contribution is -2.37. The van der Waals surface area contributed by atoms with Crippen LogP contribution in [-0.4, -0.2) is 23.9 Å². The van der Waals surface area contributed by atoms with Crippen LogP contribution in [0.25, 0.3) is 0 Å². The van der Waals surface area contributed by atoms with Crippen molar-refractivity contribution in [2.24, 2.45) is 5.92 Å². The summed E-state index contributed by atoms with van der Waals surface area (Å²) < 4.78 is 0. The highest BCUT2D eigenvalue weighted by Crippen LogP contribution is 2.22. The van der Waals surface area contributed by atoms with Crippen LogP contribution in [0.5, 0.6) is 0 Å². The Morgan fingerprint density at radius 1 is 1.04 bits per heavy atom. The topological polar surface area (TPSA) is 32.3 Å². The molecule has 1 fully saturated rings. The molecular weight excluding hydrogens is 343 g/mol. The summed E-state index contributed by atoms with van der Waals surface area (Å²) in [4.78, 5) is 14.8. The van der Waals surface area contributed by atoms with Gasteiger partial charge in [-0.2, -0.15) is 0 Å². The Kier molecular flexibility index (Phi) is 5.77. The van der Waals surface area contributed by atoms with Gasteiger partial charge in [0, 0.05) is 28.2 Å². The number of hydrogen-bond donors (Lipinski definition) is 1. The van der Waals surface area contributed by atoms with Gasteiger partial charge in [-0.15, -0.1) is 0 Å². The molecule has 3 nitrogen and oxygen atoms in total. The summed E-state index contributed by atoms with van der Waals surface area (Å²) in [6, 6.07) is 15.2. The van der Waals surface area contributed by atoms with Crippen LogP contribution in [0.1, 0.15) is 18.4 Å². The van der Waals surface area contributed by atoms with Crippen molar-refractivity contribution in [2.45, 2.75) is 19.4 Å². The maximum atomic E-state index is 12.4. The second-order valence-electron chi connectivity index (χ2n) is 6.18. The molecule has 0 aromatic heterocycles. The highest BCUT2D eigenvalue weighted by Gasteiger charge is 2.25. The third-order valence-electron chi connectivity index (χ3n) is 4.37. The summed E-state index contributed by atoms with van der Waals surface area (Å²) in [7, 11) is 0. The number of likely N-dealkylation sites (tertiary alicyclic amines) is 1. The molecule has 0 atom stereocenters. The largest absolute Gasteiger partial charge is 0.326 e. The summed E-state index contributed by atoms with van der Waals surface area (Å²) in [5.74, 6) is 0.147. The van der Waals surface area contributed by atoms with Gasteiger partial charge in [-0.05, 0) is 61.8 Å². The highest BCUT2D eigenvalue weighted by atomic mass is 35.5. The number of rotatable bonds is 4. The van der Waals surface area contributed by atoms with E-state index in [1.807, 2.05) is 24.3 Å². The zero-order valence-electron chi connectivity index (χ0n) is 13.3. The number of carbonyl (C=O) groups is 1. The maximum absolute atomic E-state index is 12.4. The van der Waals surface area contributed by atoms with Crippen molar-refractivity contribution in [1.29, 1.82) is 0 Å². The Hall–Kier alpha value is -1.55. The van der Waals surface area contributed by atoms with E-state index in [9.17, 15) is 4.79 Å². The fourth-order valence-corrected chi connectivity index (χ4v) is 3.33. The van der Waals surface area contributed by atoms with E-state index in [2.05, 4.69) is 22.3 Å². The van der Waals surface area contributed by atoms with E-state index in [1.165, 1.54) is 5.56 Å². The molecule has 1 saturated heterocycles. The molecule has 3 rings (SSSR count). The van der Waals surface area contributed by atoms with Crippen LogP contribution in [-0.2, 0) is 11.3 Å². The van der Waals surface area contributed by atoms with E-state index in [0.717, 1.165) is 43.2 Å². The molecule has 0 spiro atoms. The van der Waals surface area contributed by atoms with Crippen LogP contribution in [0, 0.1) is 5.92 Å². The van der Waals surface area contributed by atoms with Gasteiger partial charge in [-0.3, -0.25) is 9.69 Å². The first-order valence-corrected chi connectivity index (χ1v) is 8.89. The molecule has 0 radical (unpaired) electrons. The predicted octanol–water partition coefficient (Wildman–Crippen LogP) is 4.84. The Bertz CT molecular complexity index is 695. The molecule has 0 saturated carbocycles. The van der Waals surface area contributed by atoms with Gasteiger partial charge in [0.15, 0.2) is 0 Å². The van der Waals surface area contributed by atoms with Crippen LogP contribution < -0.4 is 5.32 Å². The fourth-order valence-electron chi connectivity index (χ4n) is 3.01. The van der Waals surface area contributed by atoms with Gasteiger partial charge in [0.25, 0.3) is 0 Å². The normalized spacial score (nSPS) is 16.1. The molecule has 126 valence electrons. The molecule has 1 heterocycles. The van der Waals surface area contributed by atoms with Gasteiger partial charge in [0.05, 0.1) is 0 Å². The molecule has 1 aliphatic rings. The van der Waals surface area contributed by atoms with Crippen LogP contribution in [0.3, 0.4) is 0 Å². The molecule has 24 heavy (non-hydrogen) atoms. The number of nitrogens with one attached hydrogen (secondary N) is 1. The van der Waals surface area contributed by atoms with Crippen LogP contribution in [0.2, 0.25) is 10.0 Å². The fraction of sp³-hybridized carbons (Fsp3) is 0.316. The second kappa shape index (κ2) is 8.02. The SMILES string of the molecule is O=C(Nc1cccc(Cl)c1)C1CCN(Cc2ccc(Cl)cc2)CC1. The highest BCUT2D eigenvalue weighted by molar-refractivity contribution is 6.31. The van der Waals surface area contributed by atoms with Crippen LogP contribution in [0.15, 0.2) is 48.5 Å². The quantitative estimate of drug-likeness (QED) is 0.843. The van der Waals surface area contributed by atoms with Crippen molar-refractivity contribution >= 4 is 34.8 Å². The standard InChI is InChI=1S/C19H20Cl2N2O/c20-16-6-4-14(5-7-16)13-23-10-8-15(9-11-23)19(24)22-18-3-1-2-17(21)12-18/h1-7,12,15H,8-11,13H2,(H,22,24). The summed E-state index contributed by atoms with van der Waals surface area (Å²) >= 11 is 11.9. The lowest BCUT2D eigenvalue weighted by atomic mass is 9.95. The first kappa shape index (κ1) is 17.3. The lowest BCUT2D eigenvalue weighted by molar-refractivity contribution is -0.121. The molecule has 5 heteroatoms. The van der Waals surface area contributed by atoms with Gasteiger partial charge in [0.2, 0.25) is 5.91 Å². The smallest absolute Gasteiger partial charge is 0.227 e. The van der Waals surface area contributed by atoms with Crippen molar-refractivity contribution in [3.8, 4) is 0 Å². The summed E-state index contributed by atoms with van der Waals surface area (Å²) in [5, 5.41) is 4.36. The van der Waals surface area contributed by atoms with Gasteiger partial charge >= 0.3 is 0 Å². The summed E-state index contributed by atoms with van der Waals surface area (Å²) in [5.41, 5.74) is 2.01. The molecule has 0 bridgehead atoms. The number of hydrogen-bond acceptors (Lipinski definition) is 2. The number of amides is 1. The molecular formula is C19H20Cl2N2O. The van der Waals surface area contributed by atoms with Gasteiger partial charge in [-0.25, -0.2) is 0 Å². The zero-order valence-corrected chi connectivity index (χ0v) is 14.9. The van der Waals surface area contributed by atoms with E-state index in [-0.39, 0.29) is 11.8 Å². The van der Waals surface area contributed by atoms with Gasteiger partial charge in [0.1, 0.15) is 0 Å². The predicted molar refractivity (Wildman–Crippen MR) is 99.5 cm³/mol. The summed E-state index contributed by atoms with van der Waals surface area (Å²) in [6.45, 7) is 2.76. The van der Waals surface area contributed by atoms with E-state index >= 15 is 0 Å². The van der Waals surface area contributed by atoms with E-state index < -0.39 is 0 Å². The van der Waals surface area contributed by atoms with Crippen molar-refractivity contribution in [2.75, 3.05) is 18.4 Å². The Labute approximate surface area is 152 Å². The van der Waals surface area contributed by atoms with Crippen LogP contribution >= 0.6 is 23.2 Å². The maximum Gasteiger partial charge on any atom is 0.227 e. The first-order chi connectivity index (χ1) is 11.6. The molecule has 1 amide bonds. The third kappa shape index (κ3) is 4.73. The van der Waals surface area contributed by atoms with Crippen molar-refractivity contribution in [3.63, 3.8) is 0 Å². The van der Waals surface area contributed by atoms with Crippen molar-refractivity contribution in [3.05, 3.63) is 64.1 Å². The number of benzene rings is 2. The first-order valence-electron chi connectivity index (χ1n) is 8.13. The zero-order chi connectivity index (χ0) is 16.9. The minimum absolute atomic E-state index is 0.0606. The van der Waals surface area contributed by atoms with Crippen molar-refractivity contribution in [1.82, 2.24) is 4.90 Å². The average Bonchev–Trinajstić information content (AvgIpc) is 2.57. The van der Waals surface area contributed by atoms with Gasteiger partial charge in [-0.1, -0.05) is 41.4 Å². The van der Waals surface area contributed by atoms with Gasteiger partial charge < -0.3 is 5.32 Å². The van der Waals surface area contributed by atoms with Crippen LogP contribution in [0.4, 0.5) is 5.69 Å². The Morgan fingerprint density at radius 3 is 2.42 bits per heavy atom. The Balaban J connectivity index is 1.49. The second-order valence-corrected chi connectivity index (χ2v) is 7.05. The minimum Gasteiger partial charge on any atom is -0.326 e. The average molecular weight is 363 g/mol. The molecule has 0 aliphatic carbocycles. The Morgan fingerprint density at radius 2 is 1.75 bits per heavy atom. The molecule has 2 aromatic rings. The van der Waals surface area contributed by atoms with E-state index in [0.29, 0.717) is 5.02 Å². The molecule has 0 unspecified atom stereocenters. The minimum atomic E-state index is 0.0606. The third-order valence-corrected chi connectivity index (χ3v) is 4.86. The summed E-state index contributed by atoms with van der Waals surface area (Å²) in [6.07, 6.45) is 1.75. The number of piperidine rings is 1. The monoisotopic (exact) mass is 362 g/mol. The molecule has 1 aliphatic heterocycles. The van der Waals surface area contributed by atoms with E-state index in [1.54, 1.807) is 12.1 Å². The molecule has 2 aromatic carbocycles. The van der Waals surface area contributed by atoms with Crippen molar-refractivity contribution < 1.29 is 4.79 Å². The number of anilines is 1. The number of halogens is 2.